The van der Waals surface area contributed by atoms with Gasteiger partial charge < -0.3 is 11.1 Å². The predicted molar refractivity (Wildman–Crippen MR) is 89.2 cm³/mol. The van der Waals surface area contributed by atoms with E-state index in [9.17, 15) is 27.2 Å². The number of nitrogens with zero attached hydrogens (tertiary/aromatic N) is 3. The Balaban J connectivity index is 2.00. The molecule has 2 heterocycles. The maximum Gasteiger partial charge on any atom is 0.434 e. The minimum absolute atomic E-state index is 0.0818. The van der Waals surface area contributed by atoms with Crippen LogP contribution in [0, 0.1) is 5.82 Å². The minimum atomic E-state index is -4.93. The molecule has 0 bridgehead atoms. The molecule has 0 spiro atoms. The van der Waals surface area contributed by atoms with Crippen LogP contribution in [0.5, 0.6) is 0 Å². The molecule has 0 radical (unpaired) electrons. The second kappa shape index (κ2) is 7.10. The van der Waals surface area contributed by atoms with Gasteiger partial charge in [0, 0.05) is 0 Å². The number of carbonyl (C=O) groups excluding carboxylic acids is 2. The minimum Gasteiger partial charge on any atom is -0.364 e. The number of halogens is 4. The highest BCUT2D eigenvalue weighted by atomic mass is 19.4. The molecule has 1 aromatic carbocycles. The van der Waals surface area contributed by atoms with Gasteiger partial charge in [0.2, 0.25) is 0 Å². The summed E-state index contributed by atoms with van der Waals surface area (Å²) in [6.07, 6.45) is -4.19. The summed E-state index contributed by atoms with van der Waals surface area (Å²) in [6.45, 7) is 0. The molecule has 3 rings (SSSR count). The summed E-state index contributed by atoms with van der Waals surface area (Å²) in [5.41, 5.74) is 2.71. The summed E-state index contributed by atoms with van der Waals surface area (Å²) in [5, 5.41) is 5.78. The van der Waals surface area contributed by atoms with E-state index in [0.717, 1.165) is 30.5 Å². The smallest absolute Gasteiger partial charge is 0.364 e. The van der Waals surface area contributed by atoms with Gasteiger partial charge in [-0.25, -0.2) is 14.1 Å². The maximum absolute atomic E-state index is 13.6. The molecule has 0 saturated heterocycles. The molecular weight excluding hydrogens is 382 g/mol. The van der Waals surface area contributed by atoms with E-state index >= 15 is 0 Å². The first-order valence-electron chi connectivity index (χ1n) is 7.66. The summed E-state index contributed by atoms with van der Waals surface area (Å²) in [6, 6.07) is 8.05. The second-order valence-electron chi connectivity index (χ2n) is 5.52. The first-order chi connectivity index (χ1) is 13.2. The molecule has 11 heteroatoms. The number of amides is 2. The number of nitrogens with two attached hydrogens (primary N) is 1. The Labute approximate surface area is 154 Å². The molecule has 0 saturated carbocycles. The standard InChI is InChI=1S/C17H11F4N5O2/c18-9-4-6-10(7-5-9)26-14(17(19,20)21)11(8-23-26)16(28)25-13-3-1-2-12(24-13)15(22)27/h1-8H,(H2,22,27)(H,24,25,28). The van der Waals surface area contributed by atoms with Gasteiger partial charge in [-0.2, -0.15) is 18.3 Å². The van der Waals surface area contributed by atoms with Crippen molar-refractivity contribution in [3.63, 3.8) is 0 Å². The van der Waals surface area contributed by atoms with E-state index in [2.05, 4.69) is 15.4 Å². The zero-order valence-electron chi connectivity index (χ0n) is 13.9. The Hall–Kier alpha value is -3.76. The van der Waals surface area contributed by atoms with Gasteiger partial charge >= 0.3 is 6.18 Å². The van der Waals surface area contributed by atoms with Crippen molar-refractivity contribution in [2.75, 3.05) is 5.32 Å². The van der Waals surface area contributed by atoms with Gasteiger partial charge in [0.05, 0.1) is 17.4 Å². The third-order valence-electron chi connectivity index (χ3n) is 3.60. The Morgan fingerprint density at radius 1 is 1.07 bits per heavy atom. The molecule has 3 aromatic rings. The highest BCUT2D eigenvalue weighted by Crippen LogP contribution is 2.34. The first kappa shape index (κ1) is 19.0. The van der Waals surface area contributed by atoms with E-state index < -0.39 is 35.1 Å². The largest absolute Gasteiger partial charge is 0.434 e. The lowest BCUT2D eigenvalue weighted by molar-refractivity contribution is -0.143. The van der Waals surface area contributed by atoms with E-state index in [1.165, 1.54) is 18.2 Å². The van der Waals surface area contributed by atoms with E-state index in [4.69, 9.17) is 5.73 Å². The van der Waals surface area contributed by atoms with Crippen LogP contribution in [-0.2, 0) is 6.18 Å². The quantitative estimate of drug-likeness (QED) is 0.666. The molecule has 0 unspecified atom stereocenters. The molecule has 28 heavy (non-hydrogen) atoms. The van der Waals surface area contributed by atoms with Crippen LogP contribution >= 0.6 is 0 Å². The van der Waals surface area contributed by atoms with Crippen LogP contribution in [-0.4, -0.2) is 26.6 Å². The molecule has 2 amide bonds. The highest BCUT2D eigenvalue weighted by molar-refractivity contribution is 6.05. The highest BCUT2D eigenvalue weighted by Gasteiger charge is 2.40. The van der Waals surface area contributed by atoms with Gasteiger partial charge in [-0.15, -0.1) is 0 Å². The summed E-state index contributed by atoms with van der Waals surface area (Å²) in [5.74, 6) is -2.81. The Bertz CT molecular complexity index is 1040. The normalized spacial score (nSPS) is 11.3. The van der Waals surface area contributed by atoms with Crippen molar-refractivity contribution in [3.05, 3.63) is 71.4 Å². The van der Waals surface area contributed by atoms with Gasteiger partial charge in [0.25, 0.3) is 11.8 Å². The predicted octanol–water partition coefficient (Wildman–Crippen LogP) is 2.78. The lowest BCUT2D eigenvalue weighted by atomic mass is 10.2. The molecule has 3 N–H and O–H groups in total. The number of hydrogen-bond acceptors (Lipinski definition) is 4. The van der Waals surface area contributed by atoms with E-state index in [1.807, 2.05) is 0 Å². The average Bonchev–Trinajstić information content (AvgIpc) is 3.08. The third-order valence-corrected chi connectivity index (χ3v) is 3.60. The van der Waals surface area contributed by atoms with Crippen molar-refractivity contribution >= 4 is 17.6 Å². The van der Waals surface area contributed by atoms with Crippen molar-refractivity contribution in [1.82, 2.24) is 14.8 Å². The zero-order chi connectivity index (χ0) is 20.5. The number of anilines is 1. The summed E-state index contributed by atoms with van der Waals surface area (Å²) >= 11 is 0. The third kappa shape index (κ3) is 3.82. The number of pyridine rings is 1. The lowest BCUT2D eigenvalue weighted by Gasteiger charge is -2.13. The monoisotopic (exact) mass is 393 g/mol. The van der Waals surface area contributed by atoms with Crippen molar-refractivity contribution in [2.45, 2.75) is 6.18 Å². The van der Waals surface area contributed by atoms with Crippen LogP contribution in [0.2, 0.25) is 0 Å². The van der Waals surface area contributed by atoms with Gasteiger partial charge in [-0.05, 0) is 36.4 Å². The van der Waals surface area contributed by atoms with Crippen molar-refractivity contribution < 1.29 is 27.2 Å². The number of aromatic nitrogens is 3. The fraction of sp³-hybridized carbons (Fsp3) is 0.0588. The van der Waals surface area contributed by atoms with Gasteiger partial charge in [0.1, 0.15) is 17.3 Å². The van der Waals surface area contributed by atoms with Crippen LogP contribution in [0.3, 0.4) is 0 Å². The number of nitrogens with one attached hydrogen (secondary N) is 1. The molecule has 7 nitrogen and oxygen atoms in total. The fourth-order valence-electron chi connectivity index (χ4n) is 2.39. The molecule has 2 aromatic heterocycles. The first-order valence-corrected chi connectivity index (χ1v) is 7.66. The van der Waals surface area contributed by atoms with Crippen molar-refractivity contribution in [1.29, 1.82) is 0 Å². The average molecular weight is 393 g/mol. The second-order valence-corrected chi connectivity index (χ2v) is 5.52. The van der Waals surface area contributed by atoms with Crippen LogP contribution in [0.15, 0.2) is 48.7 Å². The Morgan fingerprint density at radius 2 is 1.75 bits per heavy atom. The van der Waals surface area contributed by atoms with E-state index in [0.29, 0.717) is 4.68 Å². The SMILES string of the molecule is NC(=O)c1cccc(NC(=O)c2cnn(-c3ccc(F)cc3)c2C(F)(F)F)n1. The maximum atomic E-state index is 13.6. The summed E-state index contributed by atoms with van der Waals surface area (Å²) < 4.78 is 54.3. The number of alkyl halides is 3. The van der Waals surface area contributed by atoms with Crippen LogP contribution in [0.4, 0.5) is 23.4 Å². The molecule has 0 aliphatic heterocycles. The van der Waals surface area contributed by atoms with Crippen LogP contribution in [0.25, 0.3) is 5.69 Å². The van der Waals surface area contributed by atoms with Crippen molar-refractivity contribution in [3.8, 4) is 5.69 Å². The Morgan fingerprint density at radius 3 is 2.36 bits per heavy atom. The molecule has 0 atom stereocenters. The molecule has 0 aliphatic carbocycles. The van der Waals surface area contributed by atoms with Gasteiger partial charge in [-0.3, -0.25) is 9.59 Å². The Kier molecular flexibility index (Phi) is 4.82. The van der Waals surface area contributed by atoms with E-state index in [1.54, 1.807) is 0 Å². The number of primary amides is 1. The number of carbonyl (C=O) groups is 2. The van der Waals surface area contributed by atoms with Crippen LogP contribution < -0.4 is 11.1 Å². The molecule has 0 aliphatic rings. The van der Waals surface area contributed by atoms with Gasteiger partial charge in [0.15, 0.2) is 5.69 Å². The summed E-state index contributed by atoms with van der Waals surface area (Å²) in [7, 11) is 0. The number of rotatable bonds is 4. The van der Waals surface area contributed by atoms with Gasteiger partial charge in [-0.1, -0.05) is 6.07 Å². The summed E-state index contributed by atoms with van der Waals surface area (Å²) in [4.78, 5) is 27.3. The van der Waals surface area contributed by atoms with Crippen LogP contribution in [0.1, 0.15) is 26.5 Å². The topological polar surface area (TPSA) is 103 Å². The molecule has 144 valence electrons. The van der Waals surface area contributed by atoms with E-state index in [-0.39, 0.29) is 17.2 Å². The fourth-order valence-corrected chi connectivity index (χ4v) is 2.39. The van der Waals surface area contributed by atoms with Crippen molar-refractivity contribution in [2.24, 2.45) is 5.73 Å². The zero-order valence-corrected chi connectivity index (χ0v) is 13.9. The molecule has 0 fully saturated rings. The number of hydrogen-bond donors (Lipinski definition) is 2. The molecular formula is C17H11F4N5O2. The lowest BCUT2D eigenvalue weighted by Crippen LogP contribution is -2.21. The number of benzene rings is 1.